The molecule has 2 aromatic heterocycles. The van der Waals surface area contributed by atoms with Crippen molar-refractivity contribution in [2.24, 2.45) is 0 Å². The van der Waals surface area contributed by atoms with Crippen LogP contribution in [0.1, 0.15) is 128 Å². The highest BCUT2D eigenvalue weighted by Crippen LogP contribution is 2.65. The van der Waals surface area contributed by atoms with Crippen LogP contribution < -0.4 is 9.80 Å². The van der Waals surface area contributed by atoms with Gasteiger partial charge < -0.3 is 18.6 Å². The van der Waals surface area contributed by atoms with Gasteiger partial charge in [0.05, 0.1) is 27.6 Å². The number of anilines is 6. The van der Waals surface area contributed by atoms with Crippen molar-refractivity contribution in [3.8, 4) is 33.4 Å². The fourth-order valence-electron chi connectivity index (χ4n) is 14.6. The van der Waals surface area contributed by atoms with Crippen molar-refractivity contribution in [1.82, 2.24) is 0 Å². The average molecular weight is 1280 g/mol. The van der Waals surface area contributed by atoms with Gasteiger partial charge in [0, 0.05) is 56.8 Å². The molecule has 0 fully saturated rings. The van der Waals surface area contributed by atoms with E-state index in [1.54, 1.807) is 24.3 Å². The Morgan fingerprint density at radius 2 is 0.577 bits per heavy atom. The summed E-state index contributed by atoms with van der Waals surface area (Å²) in [5.41, 5.74) is 16.1. The first kappa shape index (κ1) is 62.7. The van der Waals surface area contributed by atoms with Crippen LogP contribution in [0.4, 0.5) is 51.7 Å². The van der Waals surface area contributed by atoms with Gasteiger partial charge in [-0.25, -0.2) is 17.6 Å². The summed E-state index contributed by atoms with van der Waals surface area (Å²) in [6.45, 7) is 26.4. The molecular formula is C89H76F4N2O2. The molecule has 1 aliphatic rings. The fraction of sp³-hybridized carbons (Fsp3) is 0.191. The molecular weight excluding hydrogens is 1200 g/mol. The summed E-state index contributed by atoms with van der Waals surface area (Å²) >= 11 is 0. The molecule has 1 aliphatic carbocycles. The second-order valence-electron chi connectivity index (χ2n) is 30.3. The molecule has 8 heteroatoms. The minimum Gasteiger partial charge on any atom is -0.455 e. The predicted octanol–water partition coefficient (Wildman–Crippen LogP) is 25.9. The van der Waals surface area contributed by atoms with Crippen LogP contribution in [0.5, 0.6) is 0 Å². The van der Waals surface area contributed by atoms with Gasteiger partial charge in [0.1, 0.15) is 45.6 Å². The van der Waals surface area contributed by atoms with Crippen molar-refractivity contribution in [3.63, 3.8) is 0 Å². The minimum absolute atomic E-state index is 0.0233. The van der Waals surface area contributed by atoms with E-state index < -0.39 is 28.7 Å². The van der Waals surface area contributed by atoms with Gasteiger partial charge in [-0.3, -0.25) is 0 Å². The van der Waals surface area contributed by atoms with Crippen molar-refractivity contribution in [3.05, 3.63) is 310 Å². The smallest absolute Gasteiger partial charge is 0.145 e. The zero-order valence-electron chi connectivity index (χ0n) is 56.8. The number of hydrogen-bond acceptors (Lipinski definition) is 4. The molecule has 482 valence electrons. The molecule has 0 aliphatic heterocycles. The van der Waals surface area contributed by atoms with E-state index in [9.17, 15) is 0 Å². The first-order valence-corrected chi connectivity index (χ1v) is 33.4. The number of benzene rings is 12. The van der Waals surface area contributed by atoms with Crippen LogP contribution in [0.2, 0.25) is 0 Å². The Hall–Kier alpha value is -10.4. The summed E-state index contributed by atoms with van der Waals surface area (Å²) in [7, 11) is 0. The molecule has 4 nitrogen and oxygen atoms in total. The van der Waals surface area contributed by atoms with Crippen molar-refractivity contribution in [2.75, 3.05) is 9.80 Å². The molecule has 0 atom stereocenters. The van der Waals surface area contributed by atoms with Gasteiger partial charge in [-0.1, -0.05) is 204 Å². The number of rotatable bonds is 10. The van der Waals surface area contributed by atoms with E-state index in [1.165, 1.54) is 59.7 Å². The van der Waals surface area contributed by atoms with Crippen molar-refractivity contribution in [1.29, 1.82) is 0 Å². The van der Waals surface area contributed by atoms with Crippen LogP contribution in [-0.4, -0.2) is 0 Å². The summed E-state index contributed by atoms with van der Waals surface area (Å²) in [5, 5.41) is 2.58. The molecule has 0 saturated carbocycles. The first-order valence-electron chi connectivity index (χ1n) is 33.4. The predicted molar refractivity (Wildman–Crippen MR) is 393 cm³/mol. The van der Waals surface area contributed by atoms with Crippen LogP contribution in [-0.2, 0) is 27.1 Å². The Balaban J connectivity index is 1.08. The van der Waals surface area contributed by atoms with E-state index in [1.807, 2.05) is 12.1 Å². The van der Waals surface area contributed by atoms with E-state index in [2.05, 4.69) is 251 Å². The number of furan rings is 2. The molecule has 0 radical (unpaired) electrons. The third-order valence-corrected chi connectivity index (χ3v) is 19.8. The molecule has 0 spiro atoms. The number of fused-ring (bicyclic) bond motifs is 11. The SMILES string of the molecule is CC(C)(C)c1ccc(-c2ccc(N(c3ccc(C(C)(C)C)cc3)c3cc4c(c5oc6cc(F)ccc6c35)-c3c(cc(N(c5ccc(-c6ccc(C(C)(C)C)cc6)cc5)c5ccc(C(C)(C)C)cc5)c5c3oc3cc(F)ccc35)C4(c3cccc(F)c3)c3cccc(F)c3)cc2)cc1. The fourth-order valence-corrected chi connectivity index (χ4v) is 14.6. The number of hydrogen-bond donors (Lipinski definition) is 0. The Labute approximate surface area is 565 Å². The Morgan fingerprint density at radius 3 is 0.876 bits per heavy atom. The van der Waals surface area contributed by atoms with Gasteiger partial charge in [0.15, 0.2) is 0 Å². The summed E-state index contributed by atoms with van der Waals surface area (Å²) in [6.07, 6.45) is 0. The molecule has 97 heavy (non-hydrogen) atoms. The Morgan fingerprint density at radius 1 is 0.299 bits per heavy atom. The largest absolute Gasteiger partial charge is 0.455 e. The third-order valence-electron chi connectivity index (χ3n) is 19.8. The second kappa shape index (κ2) is 22.9. The van der Waals surface area contributed by atoms with E-state index in [0.717, 1.165) is 56.1 Å². The molecule has 0 N–H and O–H groups in total. The zero-order valence-corrected chi connectivity index (χ0v) is 56.8. The molecule has 12 aromatic carbocycles. The zero-order chi connectivity index (χ0) is 67.8. The van der Waals surface area contributed by atoms with Crippen LogP contribution in [0.25, 0.3) is 77.3 Å². The highest BCUT2D eigenvalue weighted by molar-refractivity contribution is 6.25. The van der Waals surface area contributed by atoms with Gasteiger partial charge in [-0.15, -0.1) is 0 Å². The maximum Gasteiger partial charge on any atom is 0.145 e. The summed E-state index contributed by atoms with van der Waals surface area (Å²) in [4.78, 5) is 4.42. The number of nitrogens with zero attached hydrogens (tertiary/aromatic N) is 2. The Bertz CT molecular complexity index is 5040. The van der Waals surface area contributed by atoms with E-state index in [0.29, 0.717) is 77.5 Å². The average Bonchev–Trinajstić information content (AvgIpc) is 1.50. The molecule has 15 rings (SSSR count). The molecule has 14 aromatic rings. The van der Waals surface area contributed by atoms with Crippen LogP contribution in [0.3, 0.4) is 0 Å². The molecule has 2 heterocycles. The topological polar surface area (TPSA) is 32.8 Å². The Kier molecular flexibility index (Phi) is 14.8. The monoisotopic (exact) mass is 1280 g/mol. The lowest BCUT2D eigenvalue weighted by Gasteiger charge is -2.36. The first-order chi connectivity index (χ1) is 46.2. The lowest BCUT2D eigenvalue weighted by molar-refractivity contribution is 0.590. The summed E-state index contributed by atoms with van der Waals surface area (Å²) < 4.78 is 80.8. The van der Waals surface area contributed by atoms with Crippen LogP contribution in [0, 0.1) is 23.3 Å². The minimum atomic E-state index is -1.59. The van der Waals surface area contributed by atoms with Crippen LogP contribution >= 0.6 is 0 Å². The standard InChI is InChI=1S/C89H76F4N2O2/c1-85(2,3)57-27-19-53(20-28-57)55-23-37-67(38-24-55)94(69-41-31-59(32-42-69)87(7,8)9)75-51-73-81(83-79(75)71-45-35-65(92)49-77(71)96-83)82-74(89(73,61-15-13-17-63(90)47-61)62-16-14-18-64(91)48-62)52-76(80-72-46-36-66(93)50-78(72)97-84(80)82)95(70-43-33-60(34-44-70)88(10,11)12)68-39-25-56(26-40-68)54-21-29-58(30-22-54)86(4,5)6/h13-52H,1-12H3. The van der Waals surface area contributed by atoms with Gasteiger partial charge in [0.25, 0.3) is 0 Å². The van der Waals surface area contributed by atoms with Gasteiger partial charge >= 0.3 is 0 Å². The maximum absolute atomic E-state index is 17.0. The highest BCUT2D eigenvalue weighted by Gasteiger charge is 2.51. The van der Waals surface area contributed by atoms with Crippen molar-refractivity contribution >= 4 is 78.0 Å². The van der Waals surface area contributed by atoms with Crippen molar-refractivity contribution < 1.29 is 26.4 Å². The van der Waals surface area contributed by atoms with E-state index in [-0.39, 0.29) is 32.8 Å². The third kappa shape index (κ3) is 10.8. The van der Waals surface area contributed by atoms with E-state index >= 15 is 17.6 Å². The molecule has 0 saturated heterocycles. The van der Waals surface area contributed by atoms with Crippen LogP contribution in [0.15, 0.2) is 251 Å². The van der Waals surface area contributed by atoms with Gasteiger partial charge in [0.2, 0.25) is 0 Å². The highest BCUT2D eigenvalue weighted by atomic mass is 19.1. The molecule has 0 amide bonds. The van der Waals surface area contributed by atoms with E-state index in [4.69, 9.17) is 8.83 Å². The lowest BCUT2D eigenvalue weighted by Crippen LogP contribution is -2.29. The van der Waals surface area contributed by atoms with Gasteiger partial charge in [-0.2, -0.15) is 0 Å². The second-order valence-corrected chi connectivity index (χ2v) is 30.3. The number of halogens is 4. The molecule has 0 unspecified atom stereocenters. The van der Waals surface area contributed by atoms with Crippen molar-refractivity contribution in [2.45, 2.75) is 110 Å². The van der Waals surface area contributed by atoms with Gasteiger partial charge in [-0.05, 0) is 198 Å². The normalized spacial score (nSPS) is 13.2. The lowest BCUT2D eigenvalue weighted by atomic mass is 9.67. The summed E-state index contributed by atoms with van der Waals surface area (Å²) in [6, 6.07) is 78.2. The summed E-state index contributed by atoms with van der Waals surface area (Å²) in [5.74, 6) is -2.00. The molecule has 0 bridgehead atoms. The maximum atomic E-state index is 17.0. The quantitative estimate of drug-likeness (QED) is 0.128.